The van der Waals surface area contributed by atoms with Crippen LogP contribution in [0.25, 0.3) is 0 Å². The fourth-order valence-electron chi connectivity index (χ4n) is 3.89. The smallest absolute Gasteiger partial charge is 0.313 e. The lowest BCUT2D eigenvalue weighted by Gasteiger charge is -2.22. The molecule has 0 spiro atoms. The minimum absolute atomic E-state index is 0.0838. The molecule has 0 saturated carbocycles. The van der Waals surface area contributed by atoms with Crippen molar-refractivity contribution in [2.45, 2.75) is 13.1 Å². The van der Waals surface area contributed by atoms with Gasteiger partial charge in [-0.15, -0.1) is 0 Å². The average Bonchev–Trinajstić information content (AvgIpc) is 3.24. The molecular formula is C18H21N3O3. The van der Waals surface area contributed by atoms with Gasteiger partial charge in [0.1, 0.15) is 5.41 Å². The Morgan fingerprint density at radius 2 is 2.17 bits per heavy atom. The van der Waals surface area contributed by atoms with Crippen molar-refractivity contribution in [3.63, 3.8) is 0 Å². The van der Waals surface area contributed by atoms with Crippen LogP contribution >= 0.6 is 0 Å². The van der Waals surface area contributed by atoms with Crippen molar-refractivity contribution in [1.82, 2.24) is 14.5 Å². The summed E-state index contributed by atoms with van der Waals surface area (Å²) in [4.78, 5) is 18.2. The Balaban J connectivity index is 1.48. The van der Waals surface area contributed by atoms with Crippen LogP contribution in [0.2, 0.25) is 0 Å². The van der Waals surface area contributed by atoms with E-state index in [1.165, 1.54) is 5.56 Å². The molecule has 3 heterocycles. The van der Waals surface area contributed by atoms with E-state index in [1.54, 1.807) is 0 Å². The number of carboxylic acids is 1. The Kier molecular flexibility index (Phi) is 3.86. The molecule has 0 unspecified atom stereocenters. The molecule has 0 radical (unpaired) electrons. The summed E-state index contributed by atoms with van der Waals surface area (Å²) in [6.07, 6.45) is 3.72. The topological polar surface area (TPSA) is 67.6 Å². The molecule has 1 aromatic carbocycles. The van der Waals surface area contributed by atoms with Crippen molar-refractivity contribution in [1.29, 1.82) is 0 Å². The summed E-state index contributed by atoms with van der Waals surface area (Å²) < 4.78 is 7.57. The first kappa shape index (κ1) is 15.4. The molecule has 0 amide bonds. The Labute approximate surface area is 140 Å². The third-order valence-corrected chi connectivity index (χ3v) is 5.25. The fraction of sp³-hybridized carbons (Fsp3) is 0.444. The lowest BCUT2D eigenvalue weighted by atomic mass is 9.81. The Hall–Kier alpha value is -2.18. The highest BCUT2D eigenvalue weighted by Gasteiger charge is 2.56. The van der Waals surface area contributed by atoms with E-state index in [0.29, 0.717) is 19.8 Å². The van der Waals surface area contributed by atoms with E-state index in [-0.39, 0.29) is 5.92 Å². The number of carboxylic acid groups (broad SMARTS) is 1. The van der Waals surface area contributed by atoms with Crippen LogP contribution in [0.3, 0.4) is 0 Å². The van der Waals surface area contributed by atoms with Crippen molar-refractivity contribution in [3.8, 4) is 0 Å². The molecule has 126 valence electrons. The number of carbonyl (C=O) groups is 1. The molecule has 0 aliphatic carbocycles. The second-order valence-corrected chi connectivity index (χ2v) is 6.84. The molecular weight excluding hydrogens is 306 g/mol. The van der Waals surface area contributed by atoms with Gasteiger partial charge in [0.05, 0.1) is 25.2 Å². The van der Waals surface area contributed by atoms with Crippen molar-refractivity contribution < 1.29 is 14.6 Å². The molecule has 2 fully saturated rings. The van der Waals surface area contributed by atoms with Gasteiger partial charge in [0.15, 0.2) is 0 Å². The molecule has 24 heavy (non-hydrogen) atoms. The summed E-state index contributed by atoms with van der Waals surface area (Å²) >= 11 is 0. The number of nitrogens with zero attached hydrogens (tertiary/aromatic N) is 3. The Morgan fingerprint density at radius 1 is 1.33 bits per heavy atom. The first-order valence-corrected chi connectivity index (χ1v) is 8.24. The first-order valence-electron chi connectivity index (χ1n) is 8.24. The minimum Gasteiger partial charge on any atom is -0.481 e. The van der Waals surface area contributed by atoms with Crippen molar-refractivity contribution in [3.05, 3.63) is 54.1 Å². The van der Waals surface area contributed by atoms with Crippen molar-refractivity contribution in [2.75, 3.05) is 26.3 Å². The second kappa shape index (κ2) is 6.03. The number of ether oxygens (including phenoxy) is 1. The highest BCUT2D eigenvalue weighted by molar-refractivity contribution is 5.76. The zero-order chi connectivity index (χ0) is 16.6. The van der Waals surface area contributed by atoms with Gasteiger partial charge in [0.25, 0.3) is 0 Å². The zero-order valence-electron chi connectivity index (χ0n) is 13.5. The molecule has 2 saturated heterocycles. The first-order chi connectivity index (χ1) is 11.7. The summed E-state index contributed by atoms with van der Waals surface area (Å²) in [6.45, 7) is 3.68. The van der Waals surface area contributed by atoms with Crippen LogP contribution in [0.5, 0.6) is 0 Å². The zero-order valence-corrected chi connectivity index (χ0v) is 13.5. The monoisotopic (exact) mass is 327 g/mol. The van der Waals surface area contributed by atoms with Gasteiger partial charge in [-0.1, -0.05) is 30.3 Å². The SMILES string of the molecule is O=C(O)[C@]12COC[C@H]1CN(Cc1cncn1Cc1ccccc1)C2. The normalized spacial score (nSPS) is 26.6. The summed E-state index contributed by atoms with van der Waals surface area (Å²) in [5, 5.41) is 9.64. The maximum absolute atomic E-state index is 11.7. The molecule has 1 aromatic heterocycles. The van der Waals surface area contributed by atoms with E-state index in [4.69, 9.17) is 4.74 Å². The average molecular weight is 327 g/mol. The Morgan fingerprint density at radius 3 is 2.92 bits per heavy atom. The summed E-state index contributed by atoms with van der Waals surface area (Å²) in [5.41, 5.74) is 1.61. The van der Waals surface area contributed by atoms with Gasteiger partial charge in [-0.2, -0.15) is 0 Å². The summed E-state index contributed by atoms with van der Waals surface area (Å²) in [5.74, 6) is -0.647. The third-order valence-electron chi connectivity index (χ3n) is 5.25. The number of benzene rings is 1. The van der Waals surface area contributed by atoms with Crippen LogP contribution < -0.4 is 0 Å². The predicted octanol–water partition coefficient (Wildman–Crippen LogP) is 1.46. The number of hydrogen-bond acceptors (Lipinski definition) is 4. The molecule has 4 rings (SSSR count). The van der Waals surface area contributed by atoms with Crippen molar-refractivity contribution in [2.24, 2.45) is 11.3 Å². The summed E-state index contributed by atoms with van der Waals surface area (Å²) in [7, 11) is 0. The van der Waals surface area contributed by atoms with Gasteiger partial charge in [-0.05, 0) is 5.56 Å². The maximum atomic E-state index is 11.7. The standard InChI is InChI=1S/C18H21N3O3/c22-17(23)18-11-20(8-15(18)10-24-12-18)9-16-6-19-13-21(16)7-14-4-2-1-3-5-14/h1-6,13,15H,7-12H2,(H,22,23)/t15-,18-/m1/s1. The quantitative estimate of drug-likeness (QED) is 0.901. The van der Waals surface area contributed by atoms with Crippen LogP contribution in [0.4, 0.5) is 0 Å². The van der Waals surface area contributed by atoms with Gasteiger partial charge in [0, 0.05) is 38.3 Å². The van der Waals surface area contributed by atoms with Crippen LogP contribution in [-0.4, -0.2) is 51.8 Å². The molecule has 0 bridgehead atoms. The van der Waals surface area contributed by atoms with Gasteiger partial charge in [-0.25, -0.2) is 4.98 Å². The minimum atomic E-state index is -0.732. The lowest BCUT2D eigenvalue weighted by molar-refractivity contribution is -0.149. The van der Waals surface area contributed by atoms with E-state index in [1.807, 2.05) is 30.7 Å². The highest BCUT2D eigenvalue weighted by atomic mass is 16.5. The molecule has 6 heteroatoms. The van der Waals surface area contributed by atoms with E-state index in [0.717, 1.165) is 25.3 Å². The molecule has 2 aliphatic heterocycles. The number of aliphatic carboxylic acids is 1. The van der Waals surface area contributed by atoms with Gasteiger partial charge < -0.3 is 14.4 Å². The lowest BCUT2D eigenvalue weighted by Crippen LogP contribution is -2.39. The molecule has 6 nitrogen and oxygen atoms in total. The number of hydrogen-bond donors (Lipinski definition) is 1. The van der Waals surface area contributed by atoms with Gasteiger partial charge >= 0.3 is 5.97 Å². The molecule has 2 atom stereocenters. The van der Waals surface area contributed by atoms with E-state index in [2.05, 4.69) is 26.6 Å². The molecule has 2 aromatic rings. The predicted molar refractivity (Wildman–Crippen MR) is 87.4 cm³/mol. The number of fused-ring (bicyclic) bond motifs is 1. The highest BCUT2D eigenvalue weighted by Crippen LogP contribution is 2.41. The Bertz CT molecular complexity index is 730. The van der Waals surface area contributed by atoms with Gasteiger partial charge in [-0.3, -0.25) is 9.69 Å². The third kappa shape index (κ3) is 2.61. The maximum Gasteiger partial charge on any atom is 0.313 e. The van der Waals surface area contributed by atoms with Crippen LogP contribution in [0, 0.1) is 11.3 Å². The van der Waals surface area contributed by atoms with E-state index in [9.17, 15) is 9.90 Å². The molecule has 2 aliphatic rings. The van der Waals surface area contributed by atoms with E-state index < -0.39 is 11.4 Å². The van der Waals surface area contributed by atoms with Crippen LogP contribution in [0.15, 0.2) is 42.9 Å². The van der Waals surface area contributed by atoms with Gasteiger partial charge in [0.2, 0.25) is 0 Å². The van der Waals surface area contributed by atoms with E-state index >= 15 is 0 Å². The largest absolute Gasteiger partial charge is 0.481 e. The van der Waals surface area contributed by atoms with Crippen LogP contribution in [0.1, 0.15) is 11.3 Å². The second-order valence-electron chi connectivity index (χ2n) is 6.84. The van der Waals surface area contributed by atoms with Crippen molar-refractivity contribution >= 4 is 5.97 Å². The number of aromatic nitrogens is 2. The fourth-order valence-corrected chi connectivity index (χ4v) is 3.89. The number of rotatable bonds is 5. The number of likely N-dealkylation sites (tertiary alicyclic amines) is 1. The molecule has 1 N–H and O–H groups in total. The number of imidazole rings is 1. The summed E-state index contributed by atoms with van der Waals surface area (Å²) in [6, 6.07) is 10.3. The van der Waals surface area contributed by atoms with Crippen LogP contribution in [-0.2, 0) is 22.6 Å².